The molecule has 0 bridgehead atoms. The number of hydrogen-bond acceptors (Lipinski definition) is 5. The van der Waals surface area contributed by atoms with Gasteiger partial charge >= 0.3 is 0 Å². The molecule has 0 aromatic heterocycles. The van der Waals surface area contributed by atoms with E-state index in [0.717, 1.165) is 12.8 Å². The highest BCUT2D eigenvalue weighted by atomic mass is 16.3. The van der Waals surface area contributed by atoms with Crippen LogP contribution in [0, 0.1) is 0 Å². The summed E-state index contributed by atoms with van der Waals surface area (Å²) in [7, 11) is 0. The fraction of sp³-hybridized carbons (Fsp3) is 1.00. The Balaban J connectivity index is 4.38. The number of aliphatic hydroxyl groups is 4. The summed E-state index contributed by atoms with van der Waals surface area (Å²) in [5.41, 5.74) is 0. The van der Waals surface area contributed by atoms with Crippen molar-refractivity contribution >= 4 is 0 Å². The van der Waals surface area contributed by atoms with E-state index in [1.165, 1.54) is 0 Å². The predicted molar refractivity (Wildman–Crippen MR) is 57.5 cm³/mol. The van der Waals surface area contributed by atoms with Gasteiger partial charge in [0.25, 0.3) is 0 Å². The van der Waals surface area contributed by atoms with Crippen LogP contribution in [0.15, 0.2) is 0 Å². The normalized spacial score (nSPS) is 12.0. The van der Waals surface area contributed by atoms with Crippen LogP contribution in [0.25, 0.3) is 0 Å². The molecule has 15 heavy (non-hydrogen) atoms. The van der Waals surface area contributed by atoms with Crippen LogP contribution in [-0.4, -0.2) is 70.4 Å². The van der Waals surface area contributed by atoms with Gasteiger partial charge in [-0.25, -0.2) is 0 Å². The van der Waals surface area contributed by atoms with Crippen molar-refractivity contribution in [2.24, 2.45) is 0 Å². The summed E-state index contributed by atoms with van der Waals surface area (Å²) in [5, 5.41) is 36.3. The van der Waals surface area contributed by atoms with E-state index in [-0.39, 0.29) is 26.4 Å². The monoisotopic (exact) mass is 221 g/mol. The van der Waals surface area contributed by atoms with E-state index >= 15 is 0 Å². The molecule has 0 fully saturated rings. The highest BCUT2D eigenvalue weighted by Crippen LogP contribution is 2.07. The van der Waals surface area contributed by atoms with E-state index in [0.29, 0.717) is 6.54 Å². The van der Waals surface area contributed by atoms with Gasteiger partial charge in [-0.15, -0.1) is 0 Å². The lowest BCUT2D eigenvalue weighted by atomic mass is 10.1. The average molecular weight is 221 g/mol. The first-order valence-corrected chi connectivity index (χ1v) is 5.44. The van der Waals surface area contributed by atoms with Crippen LogP contribution in [0.4, 0.5) is 0 Å². The Morgan fingerprint density at radius 1 is 0.867 bits per heavy atom. The molecule has 0 aliphatic rings. The largest absolute Gasteiger partial charge is 0.395 e. The lowest BCUT2D eigenvalue weighted by molar-refractivity contribution is 0.00111. The van der Waals surface area contributed by atoms with Crippen molar-refractivity contribution in [2.75, 3.05) is 33.0 Å². The molecule has 0 unspecified atom stereocenters. The molecule has 0 saturated carbocycles. The van der Waals surface area contributed by atoms with E-state index in [1.807, 2.05) is 6.92 Å². The summed E-state index contributed by atoms with van der Waals surface area (Å²) in [5.74, 6) is 0. The number of unbranched alkanes of at least 4 members (excludes halogenated alkanes) is 1. The summed E-state index contributed by atoms with van der Waals surface area (Å²) in [6.45, 7) is 2.02. The van der Waals surface area contributed by atoms with Crippen LogP contribution in [0.2, 0.25) is 0 Å². The second-order valence-corrected chi connectivity index (χ2v) is 3.63. The summed E-state index contributed by atoms with van der Waals surface area (Å²) in [6, 6.07) is -0.804. The fourth-order valence-electron chi connectivity index (χ4n) is 1.54. The summed E-state index contributed by atoms with van der Waals surface area (Å²) in [4.78, 5) is 1.77. The van der Waals surface area contributed by atoms with E-state index < -0.39 is 12.1 Å². The predicted octanol–water partition coefficient (Wildman–Crippen LogP) is -1.21. The molecule has 0 spiro atoms. The Morgan fingerprint density at radius 3 is 1.53 bits per heavy atom. The number of rotatable bonds is 9. The smallest absolute Gasteiger partial charge is 0.0609 e. The Hall–Kier alpha value is -0.200. The maximum Gasteiger partial charge on any atom is 0.0609 e. The van der Waals surface area contributed by atoms with Gasteiger partial charge in [-0.2, -0.15) is 0 Å². The van der Waals surface area contributed by atoms with Crippen LogP contribution >= 0.6 is 0 Å². The molecular weight excluding hydrogens is 198 g/mol. The van der Waals surface area contributed by atoms with Gasteiger partial charge in [-0.05, 0) is 13.0 Å². The van der Waals surface area contributed by atoms with Crippen molar-refractivity contribution in [3.8, 4) is 0 Å². The maximum absolute atomic E-state index is 9.07. The first kappa shape index (κ1) is 14.8. The van der Waals surface area contributed by atoms with Crippen LogP contribution in [-0.2, 0) is 0 Å². The highest BCUT2D eigenvalue weighted by molar-refractivity contribution is 4.77. The maximum atomic E-state index is 9.07. The lowest BCUT2D eigenvalue weighted by Crippen LogP contribution is -2.50. The lowest BCUT2D eigenvalue weighted by Gasteiger charge is -2.34. The molecule has 0 heterocycles. The minimum Gasteiger partial charge on any atom is -0.395 e. The zero-order valence-corrected chi connectivity index (χ0v) is 9.34. The Bertz CT molecular complexity index is 125. The zero-order chi connectivity index (χ0) is 11.7. The van der Waals surface area contributed by atoms with Gasteiger partial charge in [-0.1, -0.05) is 13.3 Å². The van der Waals surface area contributed by atoms with Crippen molar-refractivity contribution in [3.05, 3.63) is 0 Å². The van der Waals surface area contributed by atoms with Crippen LogP contribution in [0.5, 0.6) is 0 Å². The molecule has 4 N–H and O–H groups in total. The summed E-state index contributed by atoms with van der Waals surface area (Å²) < 4.78 is 0. The number of nitrogens with zero attached hydrogens (tertiary/aromatic N) is 1. The quantitative estimate of drug-likeness (QED) is 0.393. The molecule has 0 amide bonds. The van der Waals surface area contributed by atoms with Gasteiger partial charge in [0.05, 0.1) is 38.5 Å². The Kier molecular flexibility index (Phi) is 8.94. The van der Waals surface area contributed by atoms with Gasteiger partial charge < -0.3 is 20.4 Å². The van der Waals surface area contributed by atoms with Crippen molar-refractivity contribution in [2.45, 2.75) is 31.8 Å². The molecule has 0 atom stereocenters. The van der Waals surface area contributed by atoms with Crippen molar-refractivity contribution in [1.29, 1.82) is 0 Å². The first-order valence-electron chi connectivity index (χ1n) is 5.44. The van der Waals surface area contributed by atoms with Crippen LogP contribution in [0.3, 0.4) is 0 Å². The number of hydrogen-bond donors (Lipinski definition) is 4. The molecular formula is C10H23NO4. The molecule has 0 aromatic rings. The summed E-state index contributed by atoms with van der Waals surface area (Å²) in [6.07, 6.45) is 1.90. The molecule has 0 rings (SSSR count). The van der Waals surface area contributed by atoms with Gasteiger partial charge in [0.2, 0.25) is 0 Å². The molecule has 0 aliphatic carbocycles. The summed E-state index contributed by atoms with van der Waals surface area (Å²) >= 11 is 0. The number of aliphatic hydroxyl groups excluding tert-OH is 4. The van der Waals surface area contributed by atoms with E-state index in [2.05, 4.69) is 0 Å². The standard InChI is InChI=1S/C10H23NO4/c1-2-3-4-11(9(5-12)6-13)10(7-14)8-15/h9-10,12-15H,2-8H2,1H3. The first-order chi connectivity index (χ1) is 7.24. The molecule has 0 radical (unpaired) electrons. The van der Waals surface area contributed by atoms with Crippen molar-refractivity contribution in [1.82, 2.24) is 4.90 Å². The highest BCUT2D eigenvalue weighted by Gasteiger charge is 2.23. The van der Waals surface area contributed by atoms with Crippen LogP contribution in [0.1, 0.15) is 19.8 Å². The second kappa shape index (κ2) is 9.06. The Morgan fingerprint density at radius 2 is 1.27 bits per heavy atom. The van der Waals surface area contributed by atoms with E-state index in [1.54, 1.807) is 4.90 Å². The zero-order valence-electron chi connectivity index (χ0n) is 9.34. The fourth-order valence-corrected chi connectivity index (χ4v) is 1.54. The SMILES string of the molecule is CCCCN(C(CO)CO)C(CO)CO. The molecule has 0 aliphatic heterocycles. The third-order valence-corrected chi connectivity index (χ3v) is 2.55. The average Bonchev–Trinajstić information content (AvgIpc) is 2.28. The van der Waals surface area contributed by atoms with Gasteiger partial charge in [0, 0.05) is 0 Å². The minimum absolute atomic E-state index is 0.170. The van der Waals surface area contributed by atoms with Gasteiger partial charge in [-0.3, -0.25) is 4.90 Å². The third kappa shape index (κ3) is 4.90. The molecule has 5 nitrogen and oxygen atoms in total. The third-order valence-electron chi connectivity index (χ3n) is 2.55. The second-order valence-electron chi connectivity index (χ2n) is 3.63. The minimum atomic E-state index is -0.402. The molecule has 0 aromatic carbocycles. The van der Waals surface area contributed by atoms with Crippen molar-refractivity contribution in [3.63, 3.8) is 0 Å². The Labute approximate surface area is 91.0 Å². The van der Waals surface area contributed by atoms with E-state index in [9.17, 15) is 0 Å². The van der Waals surface area contributed by atoms with Gasteiger partial charge in [0.15, 0.2) is 0 Å². The van der Waals surface area contributed by atoms with Crippen LogP contribution < -0.4 is 0 Å². The van der Waals surface area contributed by atoms with Crippen molar-refractivity contribution < 1.29 is 20.4 Å². The van der Waals surface area contributed by atoms with E-state index in [4.69, 9.17) is 20.4 Å². The topological polar surface area (TPSA) is 84.2 Å². The molecule has 92 valence electrons. The molecule has 5 heteroatoms. The molecule has 0 saturated heterocycles. The van der Waals surface area contributed by atoms with Gasteiger partial charge in [0.1, 0.15) is 0 Å².